The Morgan fingerprint density at radius 3 is 2.83 bits per heavy atom. The molecule has 0 aliphatic carbocycles. The van der Waals surface area contributed by atoms with Crippen molar-refractivity contribution in [2.24, 2.45) is 0 Å². The standard InChI is InChI=1S/C13H20N2O2S/c1-3-14-10-11(2)18(16,17)15-9-8-12-6-4-5-7-13(12)15/h4-7,11,14H,3,8-10H2,1-2H3. The Hall–Kier alpha value is -1.07. The van der Waals surface area contributed by atoms with Gasteiger partial charge in [-0.15, -0.1) is 0 Å². The summed E-state index contributed by atoms with van der Waals surface area (Å²) in [4.78, 5) is 0. The van der Waals surface area contributed by atoms with E-state index < -0.39 is 15.3 Å². The van der Waals surface area contributed by atoms with Gasteiger partial charge in [0.25, 0.3) is 0 Å². The van der Waals surface area contributed by atoms with Gasteiger partial charge >= 0.3 is 0 Å². The van der Waals surface area contributed by atoms with Crippen molar-refractivity contribution < 1.29 is 8.42 Å². The van der Waals surface area contributed by atoms with E-state index in [2.05, 4.69) is 5.32 Å². The lowest BCUT2D eigenvalue weighted by molar-refractivity contribution is 0.570. The second kappa shape index (κ2) is 5.28. The minimum absolute atomic E-state index is 0.399. The van der Waals surface area contributed by atoms with E-state index in [0.29, 0.717) is 13.1 Å². The molecule has 1 aliphatic heterocycles. The molecular weight excluding hydrogens is 248 g/mol. The zero-order valence-electron chi connectivity index (χ0n) is 10.9. The van der Waals surface area contributed by atoms with E-state index in [-0.39, 0.29) is 0 Å². The number of nitrogens with zero attached hydrogens (tertiary/aromatic N) is 1. The number of fused-ring (bicyclic) bond motifs is 1. The maximum absolute atomic E-state index is 12.5. The van der Waals surface area contributed by atoms with Crippen molar-refractivity contribution in [2.75, 3.05) is 23.9 Å². The molecule has 1 unspecified atom stereocenters. The van der Waals surface area contributed by atoms with Gasteiger partial charge in [-0.05, 0) is 31.5 Å². The number of benzene rings is 1. The highest BCUT2D eigenvalue weighted by Gasteiger charge is 2.32. The van der Waals surface area contributed by atoms with Gasteiger partial charge < -0.3 is 5.32 Å². The number of sulfonamides is 1. The predicted octanol–water partition coefficient (Wildman–Crippen LogP) is 1.38. The molecule has 0 bridgehead atoms. The third-order valence-electron chi connectivity index (χ3n) is 3.34. The van der Waals surface area contributed by atoms with Crippen LogP contribution in [0.2, 0.25) is 0 Å². The summed E-state index contributed by atoms with van der Waals surface area (Å²) in [5, 5.41) is 2.70. The number of hydrogen-bond acceptors (Lipinski definition) is 3. The lowest BCUT2D eigenvalue weighted by Crippen LogP contribution is -2.41. The van der Waals surface area contributed by atoms with Crippen molar-refractivity contribution in [1.29, 1.82) is 0 Å². The molecule has 1 heterocycles. The van der Waals surface area contributed by atoms with Gasteiger partial charge in [-0.1, -0.05) is 25.1 Å². The first-order valence-electron chi connectivity index (χ1n) is 6.37. The molecule has 0 saturated heterocycles. The highest BCUT2D eigenvalue weighted by Crippen LogP contribution is 2.31. The summed E-state index contributed by atoms with van der Waals surface area (Å²) in [7, 11) is -3.25. The minimum Gasteiger partial charge on any atom is -0.316 e. The Morgan fingerprint density at radius 1 is 1.39 bits per heavy atom. The smallest absolute Gasteiger partial charge is 0.239 e. The molecule has 5 heteroatoms. The summed E-state index contributed by atoms with van der Waals surface area (Å²) in [5.74, 6) is 0. The van der Waals surface area contributed by atoms with Gasteiger partial charge in [-0.25, -0.2) is 8.42 Å². The molecule has 0 radical (unpaired) electrons. The van der Waals surface area contributed by atoms with Gasteiger partial charge in [-0.3, -0.25) is 4.31 Å². The summed E-state index contributed by atoms with van der Waals surface area (Å²) in [6.07, 6.45) is 0.809. The lowest BCUT2D eigenvalue weighted by atomic mass is 10.2. The quantitative estimate of drug-likeness (QED) is 0.877. The fraction of sp³-hybridized carbons (Fsp3) is 0.538. The van der Waals surface area contributed by atoms with Crippen LogP contribution in [0.25, 0.3) is 0 Å². The van der Waals surface area contributed by atoms with E-state index in [4.69, 9.17) is 0 Å². The Morgan fingerprint density at radius 2 is 2.11 bits per heavy atom. The fourth-order valence-electron chi connectivity index (χ4n) is 2.24. The normalized spacial score (nSPS) is 16.7. The van der Waals surface area contributed by atoms with E-state index in [0.717, 1.165) is 24.2 Å². The molecule has 1 aromatic rings. The fourth-order valence-corrected chi connectivity index (χ4v) is 3.80. The second-order valence-electron chi connectivity index (χ2n) is 4.61. The highest BCUT2D eigenvalue weighted by molar-refractivity contribution is 7.93. The van der Waals surface area contributed by atoms with E-state index in [1.165, 1.54) is 0 Å². The maximum Gasteiger partial charge on any atom is 0.239 e. The molecule has 1 N–H and O–H groups in total. The molecular formula is C13H20N2O2S. The largest absolute Gasteiger partial charge is 0.316 e. The highest BCUT2D eigenvalue weighted by atomic mass is 32.2. The molecule has 0 fully saturated rings. The zero-order chi connectivity index (χ0) is 13.2. The number of rotatable bonds is 5. The van der Waals surface area contributed by atoms with Gasteiger partial charge in [0.05, 0.1) is 10.9 Å². The maximum atomic E-state index is 12.5. The van der Waals surface area contributed by atoms with Crippen LogP contribution in [0.5, 0.6) is 0 Å². The van der Waals surface area contributed by atoms with Crippen molar-refractivity contribution in [3.63, 3.8) is 0 Å². The van der Waals surface area contributed by atoms with Crippen LogP contribution in [-0.4, -0.2) is 33.3 Å². The molecule has 18 heavy (non-hydrogen) atoms. The van der Waals surface area contributed by atoms with Crippen LogP contribution in [0, 0.1) is 0 Å². The molecule has 0 saturated carbocycles. The van der Waals surface area contributed by atoms with Gasteiger partial charge in [0.2, 0.25) is 10.0 Å². The lowest BCUT2D eigenvalue weighted by Gasteiger charge is -2.24. The van der Waals surface area contributed by atoms with Crippen molar-refractivity contribution in [3.05, 3.63) is 29.8 Å². The third kappa shape index (κ3) is 2.37. The van der Waals surface area contributed by atoms with Crippen LogP contribution in [0.1, 0.15) is 19.4 Å². The van der Waals surface area contributed by atoms with Crippen LogP contribution >= 0.6 is 0 Å². The molecule has 1 atom stereocenters. The molecule has 0 amide bonds. The van der Waals surface area contributed by atoms with Gasteiger partial charge in [0.15, 0.2) is 0 Å². The van der Waals surface area contributed by atoms with Crippen LogP contribution in [0.15, 0.2) is 24.3 Å². The predicted molar refractivity (Wildman–Crippen MR) is 74.4 cm³/mol. The molecule has 4 nitrogen and oxygen atoms in total. The Labute approximate surface area is 109 Å². The first kappa shape index (κ1) is 13.4. The zero-order valence-corrected chi connectivity index (χ0v) is 11.7. The second-order valence-corrected chi connectivity index (χ2v) is 6.89. The van der Waals surface area contributed by atoms with E-state index >= 15 is 0 Å². The van der Waals surface area contributed by atoms with Gasteiger partial charge in [0.1, 0.15) is 0 Å². The van der Waals surface area contributed by atoms with Crippen molar-refractivity contribution in [1.82, 2.24) is 5.32 Å². The number of anilines is 1. The van der Waals surface area contributed by atoms with Crippen molar-refractivity contribution >= 4 is 15.7 Å². The van der Waals surface area contributed by atoms with Gasteiger partial charge in [0, 0.05) is 13.1 Å². The van der Waals surface area contributed by atoms with E-state index in [9.17, 15) is 8.42 Å². The summed E-state index contributed by atoms with van der Waals surface area (Å²) in [5.41, 5.74) is 1.97. The summed E-state index contributed by atoms with van der Waals surface area (Å²) < 4.78 is 26.5. The topological polar surface area (TPSA) is 49.4 Å². The minimum atomic E-state index is -3.25. The Bertz CT molecular complexity index is 513. The van der Waals surface area contributed by atoms with Crippen LogP contribution in [0.3, 0.4) is 0 Å². The molecule has 0 aromatic heterocycles. The first-order valence-corrected chi connectivity index (χ1v) is 7.88. The SMILES string of the molecule is CCNCC(C)S(=O)(=O)N1CCc2ccccc21. The summed E-state index contributed by atoms with van der Waals surface area (Å²) in [6.45, 7) is 5.59. The average molecular weight is 268 g/mol. The molecule has 0 spiro atoms. The van der Waals surface area contributed by atoms with Crippen LogP contribution in [-0.2, 0) is 16.4 Å². The molecule has 1 aliphatic rings. The Kier molecular flexibility index (Phi) is 3.92. The first-order chi connectivity index (χ1) is 8.57. The monoisotopic (exact) mass is 268 g/mol. The third-order valence-corrected chi connectivity index (χ3v) is 5.52. The number of hydrogen-bond donors (Lipinski definition) is 1. The van der Waals surface area contributed by atoms with Crippen LogP contribution < -0.4 is 9.62 Å². The van der Waals surface area contributed by atoms with Crippen molar-refractivity contribution in [3.8, 4) is 0 Å². The van der Waals surface area contributed by atoms with Crippen molar-refractivity contribution in [2.45, 2.75) is 25.5 Å². The van der Waals surface area contributed by atoms with Gasteiger partial charge in [-0.2, -0.15) is 0 Å². The molecule has 1 aromatic carbocycles. The molecule has 2 rings (SSSR count). The number of nitrogens with one attached hydrogen (secondary N) is 1. The Balaban J connectivity index is 2.22. The average Bonchev–Trinajstić information content (AvgIpc) is 2.80. The molecule has 100 valence electrons. The number of para-hydroxylation sites is 1. The van der Waals surface area contributed by atoms with Crippen LogP contribution in [0.4, 0.5) is 5.69 Å². The summed E-state index contributed by atoms with van der Waals surface area (Å²) >= 11 is 0. The van der Waals surface area contributed by atoms with E-state index in [1.54, 1.807) is 11.2 Å². The van der Waals surface area contributed by atoms with E-state index in [1.807, 2.05) is 31.2 Å². The summed E-state index contributed by atoms with van der Waals surface area (Å²) in [6, 6.07) is 7.73.